The van der Waals surface area contributed by atoms with Gasteiger partial charge in [0.2, 0.25) is 5.91 Å². The molecule has 0 aliphatic rings. The van der Waals surface area contributed by atoms with Crippen LogP contribution in [0.25, 0.3) is 0 Å². The number of carbonyl (C=O) groups excluding carboxylic acids is 1. The number of rotatable bonds is 7. The zero-order valence-corrected chi connectivity index (χ0v) is 10.3. The van der Waals surface area contributed by atoms with Gasteiger partial charge in [0, 0.05) is 20.2 Å². The fraction of sp³-hybridized carbons (Fsp3) is 0.900. The Morgan fingerprint density at radius 2 is 2.13 bits per heavy atom. The van der Waals surface area contributed by atoms with Gasteiger partial charge in [-0.1, -0.05) is 0 Å². The molecule has 0 saturated carbocycles. The quantitative estimate of drug-likeness (QED) is 0.598. The number of amides is 1. The molecule has 0 radical (unpaired) electrons. The predicted octanol–water partition coefficient (Wildman–Crippen LogP) is -0.583. The van der Waals surface area contributed by atoms with E-state index in [0.29, 0.717) is 6.54 Å². The van der Waals surface area contributed by atoms with Crippen LogP contribution in [0, 0.1) is 0 Å². The number of nitrogens with two attached hydrogens (primary N) is 1. The van der Waals surface area contributed by atoms with Crippen molar-refractivity contribution in [2.24, 2.45) is 5.73 Å². The van der Waals surface area contributed by atoms with Crippen molar-refractivity contribution in [3.8, 4) is 0 Å². The molecule has 0 aliphatic carbocycles. The molecule has 3 N–H and O–H groups in total. The molecule has 0 aliphatic heterocycles. The van der Waals surface area contributed by atoms with Crippen LogP contribution in [0.5, 0.6) is 0 Å². The molecular formula is C10H23N3O2. The number of nitrogens with one attached hydrogen (secondary N) is 1. The van der Waals surface area contributed by atoms with Gasteiger partial charge in [-0.15, -0.1) is 0 Å². The van der Waals surface area contributed by atoms with E-state index in [9.17, 15) is 4.79 Å². The van der Waals surface area contributed by atoms with Crippen LogP contribution < -0.4 is 11.1 Å². The first-order valence-electron chi connectivity index (χ1n) is 5.07. The summed E-state index contributed by atoms with van der Waals surface area (Å²) in [6.07, 6.45) is -0.253. The molecule has 0 rings (SSSR count). The Morgan fingerprint density at radius 1 is 1.60 bits per heavy atom. The maximum Gasteiger partial charge on any atom is 0.240 e. The first-order chi connectivity index (χ1) is 6.84. The van der Waals surface area contributed by atoms with Crippen molar-refractivity contribution in [3.63, 3.8) is 0 Å². The number of primary amides is 1. The lowest BCUT2D eigenvalue weighted by Gasteiger charge is -2.33. The maximum absolute atomic E-state index is 11.4. The summed E-state index contributed by atoms with van der Waals surface area (Å²) < 4.78 is 5.16. The molecule has 5 heteroatoms. The second kappa shape index (κ2) is 6.05. The Kier molecular flexibility index (Phi) is 5.79. The summed E-state index contributed by atoms with van der Waals surface area (Å²) in [6, 6.07) is 0. The SMILES string of the molecule is COC(C)C(C)(NCCN(C)C)C(N)=O. The third kappa shape index (κ3) is 4.15. The van der Waals surface area contributed by atoms with Crippen LogP contribution in [0.15, 0.2) is 0 Å². The summed E-state index contributed by atoms with van der Waals surface area (Å²) in [6.45, 7) is 5.13. The summed E-state index contributed by atoms with van der Waals surface area (Å²) in [5.74, 6) is -0.393. The molecule has 0 bridgehead atoms. The van der Waals surface area contributed by atoms with Crippen molar-refractivity contribution in [2.45, 2.75) is 25.5 Å². The minimum absolute atomic E-state index is 0.253. The van der Waals surface area contributed by atoms with E-state index in [0.717, 1.165) is 6.54 Å². The number of methoxy groups -OCH3 is 1. The van der Waals surface area contributed by atoms with Gasteiger partial charge in [-0.05, 0) is 27.9 Å². The predicted molar refractivity (Wildman–Crippen MR) is 60.6 cm³/mol. The lowest BCUT2D eigenvalue weighted by molar-refractivity contribution is -0.128. The third-order valence-corrected chi connectivity index (χ3v) is 2.73. The van der Waals surface area contributed by atoms with Gasteiger partial charge in [-0.3, -0.25) is 4.79 Å². The minimum Gasteiger partial charge on any atom is -0.379 e. The van der Waals surface area contributed by atoms with Gasteiger partial charge in [-0.2, -0.15) is 0 Å². The third-order valence-electron chi connectivity index (χ3n) is 2.73. The Hall–Kier alpha value is -0.650. The number of hydrogen-bond donors (Lipinski definition) is 2. The van der Waals surface area contributed by atoms with Crippen LogP contribution in [0.4, 0.5) is 0 Å². The van der Waals surface area contributed by atoms with E-state index >= 15 is 0 Å². The van der Waals surface area contributed by atoms with E-state index in [-0.39, 0.29) is 6.10 Å². The molecule has 0 aromatic heterocycles. The van der Waals surface area contributed by atoms with Crippen molar-refractivity contribution in [1.29, 1.82) is 0 Å². The molecule has 2 atom stereocenters. The van der Waals surface area contributed by atoms with E-state index in [1.807, 2.05) is 25.9 Å². The Balaban J connectivity index is 4.33. The monoisotopic (exact) mass is 217 g/mol. The van der Waals surface area contributed by atoms with Crippen LogP contribution >= 0.6 is 0 Å². The molecular weight excluding hydrogens is 194 g/mol. The van der Waals surface area contributed by atoms with Crippen molar-refractivity contribution in [1.82, 2.24) is 10.2 Å². The summed E-state index contributed by atoms with van der Waals surface area (Å²) in [7, 11) is 5.52. The highest BCUT2D eigenvalue weighted by Crippen LogP contribution is 2.11. The van der Waals surface area contributed by atoms with Gasteiger partial charge >= 0.3 is 0 Å². The number of nitrogens with zero attached hydrogens (tertiary/aromatic N) is 1. The second-order valence-electron chi connectivity index (χ2n) is 4.17. The summed E-state index contributed by atoms with van der Waals surface area (Å²) in [4.78, 5) is 13.4. The molecule has 90 valence electrons. The van der Waals surface area contributed by atoms with E-state index in [4.69, 9.17) is 10.5 Å². The second-order valence-corrected chi connectivity index (χ2v) is 4.17. The zero-order valence-electron chi connectivity index (χ0n) is 10.3. The molecule has 15 heavy (non-hydrogen) atoms. The van der Waals surface area contributed by atoms with Crippen LogP contribution in [0.1, 0.15) is 13.8 Å². The first kappa shape index (κ1) is 14.3. The van der Waals surface area contributed by atoms with Crippen LogP contribution in [0.3, 0.4) is 0 Å². The van der Waals surface area contributed by atoms with Crippen molar-refractivity contribution >= 4 is 5.91 Å². The topological polar surface area (TPSA) is 67.6 Å². The van der Waals surface area contributed by atoms with Gasteiger partial charge in [0.1, 0.15) is 5.54 Å². The van der Waals surface area contributed by atoms with Gasteiger partial charge < -0.3 is 20.7 Å². The van der Waals surface area contributed by atoms with Gasteiger partial charge in [-0.25, -0.2) is 0 Å². The number of hydrogen-bond acceptors (Lipinski definition) is 4. The molecule has 0 spiro atoms. The highest BCUT2D eigenvalue weighted by Gasteiger charge is 2.36. The molecule has 0 aromatic carbocycles. The smallest absolute Gasteiger partial charge is 0.240 e. The van der Waals surface area contributed by atoms with Crippen molar-refractivity contribution in [3.05, 3.63) is 0 Å². The highest BCUT2D eigenvalue weighted by atomic mass is 16.5. The Bertz CT molecular complexity index is 209. The minimum atomic E-state index is -0.815. The van der Waals surface area contributed by atoms with E-state index in [1.165, 1.54) is 0 Å². The zero-order chi connectivity index (χ0) is 12.1. The summed E-state index contributed by atoms with van der Waals surface area (Å²) in [5.41, 5.74) is 4.55. The Morgan fingerprint density at radius 3 is 2.47 bits per heavy atom. The van der Waals surface area contributed by atoms with Gasteiger partial charge in [0.25, 0.3) is 0 Å². The van der Waals surface area contributed by atoms with Crippen LogP contribution in [0.2, 0.25) is 0 Å². The first-order valence-corrected chi connectivity index (χ1v) is 5.07. The number of ether oxygens (including phenoxy) is 1. The molecule has 0 heterocycles. The molecule has 0 aromatic rings. The summed E-state index contributed by atoms with van der Waals surface area (Å²) in [5, 5.41) is 3.14. The normalized spacial score (nSPS) is 17.5. The van der Waals surface area contributed by atoms with Crippen molar-refractivity contribution < 1.29 is 9.53 Å². The lowest BCUT2D eigenvalue weighted by Crippen LogP contribution is -2.61. The fourth-order valence-corrected chi connectivity index (χ4v) is 1.21. The average Bonchev–Trinajstić information content (AvgIpc) is 2.15. The molecule has 2 unspecified atom stereocenters. The van der Waals surface area contributed by atoms with Crippen LogP contribution in [-0.4, -0.2) is 56.7 Å². The van der Waals surface area contributed by atoms with Gasteiger partial charge in [0.15, 0.2) is 0 Å². The van der Waals surface area contributed by atoms with E-state index < -0.39 is 11.4 Å². The number of carbonyl (C=O) groups is 1. The average molecular weight is 217 g/mol. The number of likely N-dealkylation sites (N-methyl/N-ethyl adjacent to an activating group) is 1. The summed E-state index contributed by atoms with van der Waals surface area (Å²) >= 11 is 0. The largest absolute Gasteiger partial charge is 0.379 e. The van der Waals surface area contributed by atoms with Crippen molar-refractivity contribution in [2.75, 3.05) is 34.3 Å². The van der Waals surface area contributed by atoms with Gasteiger partial charge in [0.05, 0.1) is 6.10 Å². The molecule has 0 saturated heterocycles. The maximum atomic E-state index is 11.4. The molecule has 5 nitrogen and oxygen atoms in total. The van der Waals surface area contributed by atoms with E-state index in [1.54, 1.807) is 14.0 Å². The van der Waals surface area contributed by atoms with E-state index in [2.05, 4.69) is 5.32 Å². The Labute approximate surface area is 91.9 Å². The molecule has 1 amide bonds. The lowest BCUT2D eigenvalue weighted by atomic mass is 9.95. The molecule has 0 fully saturated rings. The fourth-order valence-electron chi connectivity index (χ4n) is 1.21. The highest BCUT2D eigenvalue weighted by molar-refractivity contribution is 5.84. The van der Waals surface area contributed by atoms with Crippen LogP contribution in [-0.2, 0) is 9.53 Å². The standard InChI is InChI=1S/C10H23N3O2/c1-8(15-5)10(2,9(11)14)12-6-7-13(3)4/h8,12H,6-7H2,1-5H3,(H2,11,14).